The average Bonchev–Trinajstić information content (AvgIpc) is 2.98. The summed E-state index contributed by atoms with van der Waals surface area (Å²) in [5.74, 6) is 0. The van der Waals surface area contributed by atoms with Gasteiger partial charge in [-0.25, -0.2) is 8.42 Å². The van der Waals surface area contributed by atoms with Crippen molar-refractivity contribution >= 4 is 9.84 Å². The summed E-state index contributed by atoms with van der Waals surface area (Å²) in [5.41, 5.74) is 2.31. The fourth-order valence-electron chi connectivity index (χ4n) is 2.96. The van der Waals surface area contributed by atoms with Crippen molar-refractivity contribution in [3.63, 3.8) is 0 Å². The van der Waals surface area contributed by atoms with Gasteiger partial charge in [-0.1, -0.05) is 48.0 Å². The standard InChI is InChI=1S/C18H21NO2S/c1-15-7-9-17(10-8-15)22(20,21)18-11-12-19(14-18)13-16-5-3-2-4-6-16/h2-10,18H,11-14H2,1H3/t18-/m0/s1. The van der Waals surface area contributed by atoms with E-state index in [9.17, 15) is 8.42 Å². The third kappa shape index (κ3) is 3.23. The van der Waals surface area contributed by atoms with Gasteiger partial charge in [0.15, 0.2) is 9.84 Å². The van der Waals surface area contributed by atoms with Crippen molar-refractivity contribution in [2.45, 2.75) is 30.0 Å². The third-order valence-electron chi connectivity index (χ3n) is 4.27. The van der Waals surface area contributed by atoms with Crippen molar-refractivity contribution in [3.05, 3.63) is 65.7 Å². The number of nitrogens with zero attached hydrogens (tertiary/aromatic N) is 1. The Morgan fingerprint density at radius 1 is 1.05 bits per heavy atom. The van der Waals surface area contributed by atoms with E-state index in [0.29, 0.717) is 17.9 Å². The van der Waals surface area contributed by atoms with Crippen LogP contribution in [0.3, 0.4) is 0 Å². The molecule has 2 aromatic rings. The molecule has 0 radical (unpaired) electrons. The van der Waals surface area contributed by atoms with E-state index in [1.807, 2.05) is 37.3 Å². The molecule has 0 spiro atoms. The molecular formula is C18H21NO2S. The van der Waals surface area contributed by atoms with E-state index < -0.39 is 9.84 Å². The molecule has 1 aliphatic rings. The SMILES string of the molecule is Cc1ccc(S(=O)(=O)[C@H]2CCN(Cc3ccccc3)C2)cc1. The van der Waals surface area contributed by atoms with Crippen LogP contribution in [0, 0.1) is 6.92 Å². The quantitative estimate of drug-likeness (QED) is 0.870. The molecule has 2 aromatic carbocycles. The predicted octanol–water partition coefficient (Wildman–Crippen LogP) is 3.04. The first-order chi connectivity index (χ1) is 10.6. The Bertz CT molecular complexity index is 723. The Kier molecular flexibility index (Phi) is 4.32. The van der Waals surface area contributed by atoms with Gasteiger partial charge in [0.1, 0.15) is 0 Å². The molecule has 0 amide bonds. The van der Waals surface area contributed by atoms with E-state index in [2.05, 4.69) is 17.0 Å². The normalized spacial score (nSPS) is 19.4. The van der Waals surface area contributed by atoms with Gasteiger partial charge in [0, 0.05) is 13.1 Å². The minimum atomic E-state index is -3.22. The molecule has 0 unspecified atom stereocenters. The Morgan fingerprint density at radius 3 is 2.41 bits per heavy atom. The highest BCUT2D eigenvalue weighted by atomic mass is 32.2. The van der Waals surface area contributed by atoms with Gasteiger partial charge in [0.2, 0.25) is 0 Å². The molecule has 1 saturated heterocycles. The maximum Gasteiger partial charge on any atom is 0.182 e. The molecule has 4 heteroatoms. The van der Waals surface area contributed by atoms with Crippen LogP contribution in [0.4, 0.5) is 0 Å². The second-order valence-electron chi connectivity index (χ2n) is 5.99. The maximum absolute atomic E-state index is 12.7. The smallest absolute Gasteiger partial charge is 0.182 e. The van der Waals surface area contributed by atoms with Gasteiger partial charge in [-0.05, 0) is 37.6 Å². The van der Waals surface area contributed by atoms with E-state index in [1.165, 1.54) is 5.56 Å². The number of likely N-dealkylation sites (tertiary alicyclic amines) is 1. The van der Waals surface area contributed by atoms with Crippen LogP contribution in [0.1, 0.15) is 17.5 Å². The number of sulfone groups is 1. The van der Waals surface area contributed by atoms with Crippen molar-refractivity contribution < 1.29 is 8.42 Å². The zero-order chi connectivity index (χ0) is 15.6. The van der Waals surface area contributed by atoms with Gasteiger partial charge < -0.3 is 0 Å². The van der Waals surface area contributed by atoms with Gasteiger partial charge in [-0.15, -0.1) is 0 Å². The van der Waals surface area contributed by atoms with Gasteiger partial charge in [-0.3, -0.25) is 4.90 Å². The fourth-order valence-corrected chi connectivity index (χ4v) is 4.68. The Labute approximate surface area is 132 Å². The summed E-state index contributed by atoms with van der Waals surface area (Å²) in [6.45, 7) is 4.24. The second kappa shape index (κ2) is 6.23. The molecule has 0 bridgehead atoms. The Hall–Kier alpha value is -1.65. The monoisotopic (exact) mass is 315 g/mol. The number of hydrogen-bond acceptors (Lipinski definition) is 3. The van der Waals surface area contributed by atoms with E-state index in [4.69, 9.17) is 0 Å². The van der Waals surface area contributed by atoms with E-state index in [0.717, 1.165) is 18.7 Å². The minimum Gasteiger partial charge on any atom is -0.298 e. The summed E-state index contributed by atoms with van der Waals surface area (Å²) < 4.78 is 25.4. The number of benzene rings is 2. The summed E-state index contributed by atoms with van der Waals surface area (Å²) in [4.78, 5) is 2.68. The first kappa shape index (κ1) is 15.3. The van der Waals surface area contributed by atoms with Crippen LogP contribution in [-0.2, 0) is 16.4 Å². The maximum atomic E-state index is 12.7. The largest absolute Gasteiger partial charge is 0.298 e. The summed E-state index contributed by atoms with van der Waals surface area (Å²) in [5, 5.41) is -0.293. The molecule has 1 fully saturated rings. The predicted molar refractivity (Wildman–Crippen MR) is 88.5 cm³/mol. The highest BCUT2D eigenvalue weighted by Gasteiger charge is 2.33. The van der Waals surface area contributed by atoms with Crippen molar-refractivity contribution in [2.24, 2.45) is 0 Å². The first-order valence-electron chi connectivity index (χ1n) is 7.62. The number of aryl methyl sites for hydroxylation is 1. The number of rotatable bonds is 4. The van der Waals surface area contributed by atoms with Crippen LogP contribution in [-0.4, -0.2) is 31.7 Å². The van der Waals surface area contributed by atoms with Crippen LogP contribution in [0.5, 0.6) is 0 Å². The van der Waals surface area contributed by atoms with Crippen LogP contribution in [0.15, 0.2) is 59.5 Å². The molecule has 0 aromatic heterocycles. The molecule has 3 rings (SSSR count). The summed E-state index contributed by atoms with van der Waals surface area (Å²) >= 11 is 0. The molecule has 1 aliphatic heterocycles. The topological polar surface area (TPSA) is 37.4 Å². The van der Waals surface area contributed by atoms with Crippen LogP contribution in [0.25, 0.3) is 0 Å². The van der Waals surface area contributed by atoms with Gasteiger partial charge in [0.05, 0.1) is 10.1 Å². The van der Waals surface area contributed by atoms with E-state index >= 15 is 0 Å². The Balaban J connectivity index is 1.70. The summed E-state index contributed by atoms with van der Waals surface area (Å²) in [6.07, 6.45) is 0.711. The fraction of sp³-hybridized carbons (Fsp3) is 0.333. The van der Waals surface area contributed by atoms with Crippen LogP contribution in [0.2, 0.25) is 0 Å². The van der Waals surface area contributed by atoms with Gasteiger partial charge in [-0.2, -0.15) is 0 Å². The molecule has 116 valence electrons. The molecule has 1 atom stereocenters. The minimum absolute atomic E-state index is 0.293. The molecule has 0 N–H and O–H groups in total. The van der Waals surface area contributed by atoms with Gasteiger partial charge >= 0.3 is 0 Å². The third-order valence-corrected chi connectivity index (χ3v) is 6.46. The summed E-state index contributed by atoms with van der Waals surface area (Å²) in [6, 6.07) is 17.4. The first-order valence-corrected chi connectivity index (χ1v) is 9.17. The summed E-state index contributed by atoms with van der Waals surface area (Å²) in [7, 11) is -3.22. The lowest BCUT2D eigenvalue weighted by atomic mass is 10.2. The van der Waals surface area contributed by atoms with Gasteiger partial charge in [0.25, 0.3) is 0 Å². The van der Waals surface area contributed by atoms with E-state index in [-0.39, 0.29) is 5.25 Å². The van der Waals surface area contributed by atoms with E-state index in [1.54, 1.807) is 12.1 Å². The molecule has 1 heterocycles. The second-order valence-corrected chi connectivity index (χ2v) is 8.22. The van der Waals surface area contributed by atoms with Crippen LogP contribution < -0.4 is 0 Å². The molecule has 22 heavy (non-hydrogen) atoms. The lowest BCUT2D eigenvalue weighted by Crippen LogP contribution is -2.27. The van der Waals surface area contributed by atoms with Crippen molar-refractivity contribution in [1.29, 1.82) is 0 Å². The van der Waals surface area contributed by atoms with Crippen molar-refractivity contribution in [2.75, 3.05) is 13.1 Å². The van der Waals surface area contributed by atoms with Crippen LogP contribution >= 0.6 is 0 Å². The lowest BCUT2D eigenvalue weighted by molar-refractivity contribution is 0.331. The Morgan fingerprint density at radius 2 is 1.73 bits per heavy atom. The highest BCUT2D eigenvalue weighted by Crippen LogP contribution is 2.25. The lowest BCUT2D eigenvalue weighted by Gasteiger charge is -2.16. The average molecular weight is 315 g/mol. The molecular weight excluding hydrogens is 294 g/mol. The zero-order valence-corrected chi connectivity index (χ0v) is 13.6. The van der Waals surface area contributed by atoms with Crippen molar-refractivity contribution in [1.82, 2.24) is 4.90 Å². The molecule has 0 saturated carbocycles. The molecule has 3 nitrogen and oxygen atoms in total. The van der Waals surface area contributed by atoms with Crippen molar-refractivity contribution in [3.8, 4) is 0 Å². The number of hydrogen-bond donors (Lipinski definition) is 0. The highest BCUT2D eigenvalue weighted by molar-refractivity contribution is 7.92. The zero-order valence-electron chi connectivity index (χ0n) is 12.8. The molecule has 0 aliphatic carbocycles.